The molecule has 0 amide bonds. The van der Waals surface area contributed by atoms with Gasteiger partial charge in [-0.1, -0.05) is 6.92 Å². The number of aliphatic hydroxyl groups excluding tert-OH is 1. The van der Waals surface area contributed by atoms with E-state index in [0.717, 1.165) is 0 Å². The average Bonchev–Trinajstić information content (AvgIpc) is 2.28. The number of nitrogens with zero attached hydrogens (tertiary/aromatic N) is 2. The third-order valence-corrected chi connectivity index (χ3v) is 2.59. The second-order valence-electron chi connectivity index (χ2n) is 4.27. The number of hydrogen-bond donors (Lipinski definition) is 2. The summed E-state index contributed by atoms with van der Waals surface area (Å²) in [7, 11) is 0. The minimum Gasteiger partial charge on any atom is -0.396 e. The maximum atomic E-state index is 11.5. The van der Waals surface area contributed by atoms with Crippen molar-refractivity contribution in [2.75, 3.05) is 18.1 Å². The van der Waals surface area contributed by atoms with E-state index in [1.807, 2.05) is 25.7 Å². The molecule has 0 aliphatic heterocycles. The molecule has 1 aromatic rings. The van der Waals surface area contributed by atoms with Gasteiger partial charge >= 0.3 is 0 Å². The van der Waals surface area contributed by atoms with Crippen molar-refractivity contribution in [3.63, 3.8) is 0 Å². The zero-order valence-electron chi connectivity index (χ0n) is 10.7. The number of hydrogen-bond acceptors (Lipinski definition) is 4. The lowest BCUT2D eigenvalue weighted by molar-refractivity contribution is 0.288. The van der Waals surface area contributed by atoms with Gasteiger partial charge in [-0.3, -0.25) is 4.79 Å². The molecule has 0 bridgehead atoms. The molecule has 1 heterocycles. The molecular formula is C12H21N3O2. The summed E-state index contributed by atoms with van der Waals surface area (Å²) in [5, 5.41) is 8.88. The zero-order valence-corrected chi connectivity index (χ0v) is 10.7. The number of aromatic nitrogens is 2. The Morgan fingerprint density at radius 2 is 2.24 bits per heavy atom. The monoisotopic (exact) mass is 239 g/mol. The largest absolute Gasteiger partial charge is 0.396 e. The number of nitrogens with one attached hydrogen (secondary N) is 1. The Morgan fingerprint density at radius 3 is 2.76 bits per heavy atom. The van der Waals surface area contributed by atoms with Crippen molar-refractivity contribution < 1.29 is 5.11 Å². The normalized spacial score (nSPS) is 10.9. The first-order valence-corrected chi connectivity index (χ1v) is 6.06. The van der Waals surface area contributed by atoms with Gasteiger partial charge in [-0.25, -0.2) is 4.98 Å². The molecule has 17 heavy (non-hydrogen) atoms. The van der Waals surface area contributed by atoms with E-state index in [1.165, 1.54) is 6.07 Å². The number of anilines is 1. The first-order chi connectivity index (χ1) is 8.08. The van der Waals surface area contributed by atoms with E-state index < -0.39 is 0 Å². The maximum absolute atomic E-state index is 11.5. The summed E-state index contributed by atoms with van der Waals surface area (Å²) < 4.78 is 0. The third-order valence-electron chi connectivity index (χ3n) is 2.59. The summed E-state index contributed by atoms with van der Waals surface area (Å²) in [5.41, 5.74) is -0.124. The Hall–Kier alpha value is -1.36. The summed E-state index contributed by atoms with van der Waals surface area (Å²) in [6, 6.07) is 1.76. The van der Waals surface area contributed by atoms with Crippen LogP contribution in [0.25, 0.3) is 0 Å². The Kier molecular flexibility index (Phi) is 5.15. The predicted molar refractivity (Wildman–Crippen MR) is 68.4 cm³/mol. The molecule has 0 fully saturated rings. The van der Waals surface area contributed by atoms with Crippen LogP contribution in [0.2, 0.25) is 0 Å². The van der Waals surface area contributed by atoms with Crippen molar-refractivity contribution in [3.8, 4) is 0 Å². The van der Waals surface area contributed by atoms with Crippen LogP contribution in [0.5, 0.6) is 0 Å². The fraction of sp³-hybridized carbons (Fsp3) is 0.667. The SMILES string of the molecule is CCc1nc(N(CCCO)C(C)C)cc(=O)[nH]1. The van der Waals surface area contributed by atoms with E-state index in [1.54, 1.807) is 0 Å². The Balaban J connectivity index is 3.00. The van der Waals surface area contributed by atoms with Crippen LogP contribution in [-0.4, -0.2) is 34.3 Å². The maximum Gasteiger partial charge on any atom is 0.252 e. The van der Waals surface area contributed by atoms with Crippen molar-refractivity contribution >= 4 is 5.82 Å². The second kappa shape index (κ2) is 6.39. The lowest BCUT2D eigenvalue weighted by atomic mass is 10.2. The van der Waals surface area contributed by atoms with Crippen LogP contribution in [0.1, 0.15) is 33.0 Å². The number of rotatable bonds is 6. The van der Waals surface area contributed by atoms with Gasteiger partial charge in [-0.15, -0.1) is 0 Å². The van der Waals surface area contributed by atoms with Gasteiger partial charge in [-0.2, -0.15) is 0 Å². The highest BCUT2D eigenvalue weighted by Gasteiger charge is 2.12. The lowest BCUT2D eigenvalue weighted by Crippen LogP contribution is -2.34. The van der Waals surface area contributed by atoms with Crippen molar-refractivity contribution in [1.82, 2.24) is 9.97 Å². The molecule has 5 nitrogen and oxygen atoms in total. The van der Waals surface area contributed by atoms with E-state index in [2.05, 4.69) is 9.97 Å². The molecule has 0 saturated heterocycles. The fourth-order valence-corrected chi connectivity index (χ4v) is 1.69. The number of H-pyrrole nitrogens is 1. The predicted octanol–water partition coefficient (Wildman–Crippen LogP) is 0.929. The van der Waals surface area contributed by atoms with Crippen molar-refractivity contribution in [2.45, 2.75) is 39.7 Å². The van der Waals surface area contributed by atoms with Gasteiger partial charge in [0.05, 0.1) is 0 Å². The third kappa shape index (κ3) is 3.85. The van der Waals surface area contributed by atoms with Crippen LogP contribution in [0, 0.1) is 0 Å². The molecule has 5 heteroatoms. The van der Waals surface area contributed by atoms with E-state index >= 15 is 0 Å². The van der Waals surface area contributed by atoms with Crippen LogP contribution < -0.4 is 10.5 Å². The Morgan fingerprint density at radius 1 is 1.53 bits per heavy atom. The highest BCUT2D eigenvalue weighted by Crippen LogP contribution is 2.12. The highest BCUT2D eigenvalue weighted by atomic mass is 16.3. The highest BCUT2D eigenvalue weighted by molar-refractivity contribution is 5.38. The van der Waals surface area contributed by atoms with Crippen LogP contribution in [0.3, 0.4) is 0 Å². The lowest BCUT2D eigenvalue weighted by Gasteiger charge is -2.27. The molecule has 0 aromatic carbocycles. The first kappa shape index (κ1) is 13.7. The molecule has 0 spiro atoms. The topological polar surface area (TPSA) is 69.2 Å². The standard InChI is InChI=1S/C12H21N3O2/c1-4-10-13-11(8-12(17)14-10)15(9(2)3)6-5-7-16/h8-9,16H,4-7H2,1-3H3,(H,13,14,17). The summed E-state index contributed by atoms with van der Waals surface area (Å²) in [6.45, 7) is 6.90. The minimum absolute atomic E-state index is 0.124. The van der Waals surface area contributed by atoms with Gasteiger partial charge in [0, 0.05) is 31.7 Å². The molecule has 0 unspecified atom stereocenters. The zero-order chi connectivity index (χ0) is 12.8. The molecule has 0 saturated carbocycles. The van der Waals surface area contributed by atoms with Crippen LogP contribution >= 0.6 is 0 Å². The molecule has 1 rings (SSSR count). The number of aryl methyl sites for hydroxylation is 1. The van der Waals surface area contributed by atoms with Crippen LogP contribution in [0.4, 0.5) is 5.82 Å². The second-order valence-corrected chi connectivity index (χ2v) is 4.27. The summed E-state index contributed by atoms with van der Waals surface area (Å²) >= 11 is 0. The number of aromatic amines is 1. The first-order valence-electron chi connectivity index (χ1n) is 6.06. The Bertz CT molecular complexity index is 401. The van der Waals surface area contributed by atoms with E-state index in [9.17, 15) is 4.79 Å². The summed E-state index contributed by atoms with van der Waals surface area (Å²) in [6.07, 6.45) is 1.38. The average molecular weight is 239 g/mol. The van der Waals surface area contributed by atoms with Gasteiger partial charge in [0.15, 0.2) is 0 Å². The molecule has 0 aliphatic carbocycles. The molecule has 1 aromatic heterocycles. The number of aliphatic hydroxyl groups is 1. The molecule has 0 atom stereocenters. The van der Waals surface area contributed by atoms with Gasteiger partial charge in [0.25, 0.3) is 5.56 Å². The van der Waals surface area contributed by atoms with Gasteiger partial charge in [0.1, 0.15) is 11.6 Å². The van der Waals surface area contributed by atoms with E-state index in [-0.39, 0.29) is 18.2 Å². The van der Waals surface area contributed by atoms with E-state index in [4.69, 9.17) is 5.11 Å². The minimum atomic E-state index is -0.124. The van der Waals surface area contributed by atoms with Gasteiger partial charge in [-0.05, 0) is 20.3 Å². The van der Waals surface area contributed by atoms with Crippen LogP contribution in [0.15, 0.2) is 10.9 Å². The molecule has 0 radical (unpaired) electrons. The fourth-order valence-electron chi connectivity index (χ4n) is 1.69. The van der Waals surface area contributed by atoms with Crippen LogP contribution in [-0.2, 0) is 6.42 Å². The summed E-state index contributed by atoms with van der Waals surface area (Å²) in [5.74, 6) is 1.39. The van der Waals surface area contributed by atoms with Gasteiger partial charge < -0.3 is 15.0 Å². The summed E-state index contributed by atoms with van der Waals surface area (Å²) in [4.78, 5) is 20.7. The quantitative estimate of drug-likeness (QED) is 0.775. The van der Waals surface area contributed by atoms with E-state index in [0.29, 0.717) is 31.0 Å². The van der Waals surface area contributed by atoms with Crippen molar-refractivity contribution in [3.05, 3.63) is 22.2 Å². The molecule has 0 aliphatic rings. The van der Waals surface area contributed by atoms with Crippen molar-refractivity contribution in [2.24, 2.45) is 0 Å². The molecule has 2 N–H and O–H groups in total. The molecule has 96 valence electrons. The Labute approximate surface area is 102 Å². The smallest absolute Gasteiger partial charge is 0.252 e. The van der Waals surface area contributed by atoms with Crippen molar-refractivity contribution in [1.29, 1.82) is 0 Å². The van der Waals surface area contributed by atoms with Gasteiger partial charge in [0.2, 0.25) is 0 Å². The molecular weight excluding hydrogens is 218 g/mol.